The average molecular weight is 140 g/mol. The van der Waals surface area contributed by atoms with Gasteiger partial charge in [-0.1, -0.05) is 26.7 Å². The summed E-state index contributed by atoms with van der Waals surface area (Å²) in [4.78, 5) is 0. The summed E-state index contributed by atoms with van der Waals surface area (Å²) in [7, 11) is 0. The van der Waals surface area contributed by atoms with Gasteiger partial charge in [-0.3, -0.25) is 0 Å². The van der Waals surface area contributed by atoms with Crippen LogP contribution in [0.5, 0.6) is 0 Å². The summed E-state index contributed by atoms with van der Waals surface area (Å²) in [6, 6.07) is 0. The van der Waals surface area contributed by atoms with Gasteiger partial charge in [0.15, 0.2) is 0 Å². The molecule has 9 heavy (non-hydrogen) atoms. The number of allylic oxidation sites excluding steroid dienone is 1. The Balaban J connectivity index is 3.54. The zero-order chi connectivity index (χ0) is 7.33. The second kappa shape index (κ2) is 3.63. The van der Waals surface area contributed by atoms with Gasteiger partial charge in [0, 0.05) is 4.75 Å². The van der Waals surface area contributed by atoms with E-state index in [-0.39, 0.29) is 4.75 Å². The molecule has 0 aliphatic rings. The quantitative estimate of drug-likeness (QED) is 0.505. The molecule has 0 spiro atoms. The van der Waals surface area contributed by atoms with Crippen LogP contribution in [0.1, 0.15) is 20.8 Å². The van der Waals surface area contributed by atoms with E-state index in [2.05, 4.69) is 26.7 Å². The van der Waals surface area contributed by atoms with Crippen molar-refractivity contribution >= 4 is 11.8 Å². The minimum Gasteiger partial charge on any atom is -0.127 e. The minimum absolute atomic E-state index is 0.285. The Bertz CT molecular complexity index is 132. The molecule has 0 amide bonds. The average Bonchev–Trinajstić information content (AvgIpc) is 1.63. The molecule has 0 unspecified atom stereocenters. The van der Waals surface area contributed by atoms with Gasteiger partial charge >= 0.3 is 0 Å². The third kappa shape index (κ3) is 7.65. The van der Waals surface area contributed by atoms with Gasteiger partial charge in [0.2, 0.25) is 0 Å². The molecule has 0 N–H and O–H groups in total. The minimum atomic E-state index is 0.285. The number of terminal acetylenes is 1. The molecule has 0 radical (unpaired) electrons. The van der Waals surface area contributed by atoms with E-state index in [4.69, 9.17) is 6.42 Å². The molecule has 0 saturated carbocycles. The molecule has 0 saturated heterocycles. The summed E-state index contributed by atoms with van der Waals surface area (Å²) < 4.78 is 0.285. The lowest BCUT2D eigenvalue weighted by molar-refractivity contribution is 0.808. The smallest absolute Gasteiger partial charge is 0.0117 e. The first kappa shape index (κ1) is 8.65. The first-order valence-corrected chi connectivity index (χ1v) is 3.73. The Kier molecular flexibility index (Phi) is 3.49. The fourth-order valence-electron chi connectivity index (χ4n) is 0.277. The van der Waals surface area contributed by atoms with Crippen molar-refractivity contribution in [2.24, 2.45) is 0 Å². The van der Waals surface area contributed by atoms with Crippen molar-refractivity contribution in [3.8, 4) is 12.3 Å². The van der Waals surface area contributed by atoms with E-state index in [0.29, 0.717) is 0 Å². The molecule has 0 aromatic rings. The fourth-order valence-corrected chi connectivity index (χ4v) is 0.832. The number of hydrogen-bond acceptors (Lipinski definition) is 1. The lowest BCUT2D eigenvalue weighted by Crippen LogP contribution is -2.04. The summed E-state index contributed by atoms with van der Waals surface area (Å²) in [6.07, 6.45) is 6.73. The van der Waals surface area contributed by atoms with E-state index < -0.39 is 0 Å². The Morgan fingerprint density at radius 2 is 2.00 bits per heavy atom. The lowest BCUT2D eigenvalue weighted by Gasteiger charge is -2.13. The number of thioether (sulfide) groups is 1. The molecular formula is C8H12S. The van der Waals surface area contributed by atoms with Crippen LogP contribution < -0.4 is 0 Å². The highest BCUT2D eigenvalue weighted by Gasteiger charge is 2.06. The Hall–Kier alpha value is -0.350. The van der Waals surface area contributed by atoms with Crippen LogP contribution in [0.2, 0.25) is 0 Å². The highest BCUT2D eigenvalue weighted by molar-refractivity contribution is 8.03. The van der Waals surface area contributed by atoms with Crippen LogP contribution >= 0.6 is 11.8 Å². The lowest BCUT2D eigenvalue weighted by atomic mass is 10.3. The third-order valence-corrected chi connectivity index (χ3v) is 1.57. The maximum absolute atomic E-state index is 5.01. The Labute approximate surface area is 61.7 Å². The fraction of sp³-hybridized carbons (Fsp3) is 0.500. The standard InChI is InChI=1S/C8H12S/c1-5-6-7-9-8(2,3)4/h1,6-7H,2-4H3/b7-6+. The summed E-state index contributed by atoms with van der Waals surface area (Å²) in [6.45, 7) is 6.45. The normalized spacial score (nSPS) is 11.8. The van der Waals surface area contributed by atoms with Crippen molar-refractivity contribution in [2.45, 2.75) is 25.5 Å². The molecule has 0 nitrogen and oxygen atoms in total. The highest BCUT2D eigenvalue weighted by atomic mass is 32.2. The van der Waals surface area contributed by atoms with Gasteiger partial charge in [-0.15, -0.1) is 18.2 Å². The number of rotatable bonds is 1. The van der Waals surface area contributed by atoms with Crippen molar-refractivity contribution in [1.29, 1.82) is 0 Å². The predicted molar refractivity (Wildman–Crippen MR) is 45.3 cm³/mol. The summed E-state index contributed by atoms with van der Waals surface area (Å²) in [5.74, 6) is 2.44. The first-order valence-electron chi connectivity index (χ1n) is 2.85. The van der Waals surface area contributed by atoms with Crippen LogP contribution in [-0.2, 0) is 0 Å². The SMILES string of the molecule is C#C/C=C/SC(C)(C)C. The van der Waals surface area contributed by atoms with Gasteiger partial charge in [0.25, 0.3) is 0 Å². The molecule has 0 aromatic heterocycles. The Morgan fingerprint density at radius 1 is 1.44 bits per heavy atom. The Morgan fingerprint density at radius 3 is 2.33 bits per heavy atom. The molecule has 0 aliphatic heterocycles. The van der Waals surface area contributed by atoms with E-state index in [1.54, 1.807) is 17.8 Å². The van der Waals surface area contributed by atoms with E-state index in [1.165, 1.54) is 0 Å². The maximum atomic E-state index is 5.01. The topological polar surface area (TPSA) is 0 Å². The molecule has 0 aromatic carbocycles. The molecule has 50 valence electrons. The van der Waals surface area contributed by atoms with Gasteiger partial charge in [-0.05, 0) is 11.5 Å². The largest absolute Gasteiger partial charge is 0.127 e. The monoisotopic (exact) mass is 140 g/mol. The zero-order valence-electron chi connectivity index (χ0n) is 6.14. The second-order valence-corrected chi connectivity index (χ2v) is 4.43. The van der Waals surface area contributed by atoms with Gasteiger partial charge in [0.05, 0.1) is 0 Å². The predicted octanol–water partition coefficient (Wildman–Crippen LogP) is 2.67. The van der Waals surface area contributed by atoms with Crippen molar-refractivity contribution in [3.63, 3.8) is 0 Å². The number of hydrogen-bond donors (Lipinski definition) is 0. The van der Waals surface area contributed by atoms with E-state index in [9.17, 15) is 0 Å². The molecular weight excluding hydrogens is 128 g/mol. The van der Waals surface area contributed by atoms with Crippen LogP contribution in [0.15, 0.2) is 11.5 Å². The molecule has 0 rings (SSSR count). The van der Waals surface area contributed by atoms with E-state index in [1.807, 2.05) is 5.41 Å². The van der Waals surface area contributed by atoms with Crippen molar-refractivity contribution in [3.05, 3.63) is 11.5 Å². The van der Waals surface area contributed by atoms with Crippen molar-refractivity contribution < 1.29 is 0 Å². The van der Waals surface area contributed by atoms with Crippen LogP contribution in [0.4, 0.5) is 0 Å². The molecule has 0 bridgehead atoms. The molecule has 1 heteroatoms. The molecule has 0 fully saturated rings. The summed E-state index contributed by atoms with van der Waals surface area (Å²) in [5, 5.41) is 1.94. The zero-order valence-corrected chi connectivity index (χ0v) is 6.96. The van der Waals surface area contributed by atoms with Gasteiger partial charge < -0.3 is 0 Å². The van der Waals surface area contributed by atoms with Crippen LogP contribution in [-0.4, -0.2) is 4.75 Å². The highest BCUT2D eigenvalue weighted by Crippen LogP contribution is 2.23. The van der Waals surface area contributed by atoms with E-state index >= 15 is 0 Å². The molecule has 0 heterocycles. The van der Waals surface area contributed by atoms with E-state index in [0.717, 1.165) is 0 Å². The van der Waals surface area contributed by atoms with Crippen LogP contribution in [0.25, 0.3) is 0 Å². The van der Waals surface area contributed by atoms with Crippen LogP contribution in [0.3, 0.4) is 0 Å². The summed E-state index contributed by atoms with van der Waals surface area (Å²) in [5.41, 5.74) is 0. The molecule has 0 aliphatic carbocycles. The molecule has 0 atom stereocenters. The third-order valence-electron chi connectivity index (χ3n) is 0.586. The van der Waals surface area contributed by atoms with Crippen molar-refractivity contribution in [2.75, 3.05) is 0 Å². The second-order valence-electron chi connectivity index (χ2n) is 2.70. The van der Waals surface area contributed by atoms with Gasteiger partial charge in [-0.25, -0.2) is 0 Å². The van der Waals surface area contributed by atoms with Gasteiger partial charge in [0.1, 0.15) is 0 Å². The van der Waals surface area contributed by atoms with Crippen molar-refractivity contribution in [1.82, 2.24) is 0 Å². The van der Waals surface area contributed by atoms with Crippen LogP contribution in [0, 0.1) is 12.3 Å². The maximum Gasteiger partial charge on any atom is 0.0117 e. The first-order chi connectivity index (χ1) is 4.06. The van der Waals surface area contributed by atoms with Gasteiger partial charge in [-0.2, -0.15) is 0 Å². The summed E-state index contributed by atoms with van der Waals surface area (Å²) >= 11 is 1.74.